The number of halogens is 2. The lowest BCUT2D eigenvalue weighted by Crippen LogP contribution is -2.24. The van der Waals surface area contributed by atoms with Crippen molar-refractivity contribution in [2.24, 2.45) is 11.7 Å². The first-order chi connectivity index (χ1) is 7.68. The number of hydrogen-bond acceptors (Lipinski definition) is 1. The van der Waals surface area contributed by atoms with Crippen molar-refractivity contribution < 1.29 is 4.39 Å². The van der Waals surface area contributed by atoms with Crippen molar-refractivity contribution in [3.05, 3.63) is 33.1 Å². The predicted molar refractivity (Wildman–Crippen MR) is 72.6 cm³/mol. The van der Waals surface area contributed by atoms with Gasteiger partial charge in [-0.25, -0.2) is 4.39 Å². The van der Waals surface area contributed by atoms with Crippen LogP contribution >= 0.6 is 22.6 Å². The quantitative estimate of drug-likeness (QED) is 0.813. The van der Waals surface area contributed by atoms with Crippen LogP contribution in [0.25, 0.3) is 0 Å². The van der Waals surface area contributed by atoms with Crippen LogP contribution in [0.5, 0.6) is 0 Å². The van der Waals surface area contributed by atoms with Gasteiger partial charge in [0, 0.05) is 15.2 Å². The van der Waals surface area contributed by atoms with Crippen LogP contribution in [0, 0.1) is 15.3 Å². The second kappa shape index (κ2) is 5.45. The molecular weight excluding hydrogens is 316 g/mol. The van der Waals surface area contributed by atoms with Crippen molar-refractivity contribution in [1.82, 2.24) is 0 Å². The van der Waals surface area contributed by atoms with Crippen molar-refractivity contribution in [3.8, 4) is 0 Å². The third-order valence-corrected chi connectivity index (χ3v) is 4.15. The molecule has 0 unspecified atom stereocenters. The van der Waals surface area contributed by atoms with Gasteiger partial charge in [0.25, 0.3) is 0 Å². The zero-order chi connectivity index (χ0) is 11.5. The van der Waals surface area contributed by atoms with Gasteiger partial charge in [0.05, 0.1) is 0 Å². The lowest BCUT2D eigenvalue weighted by Gasteiger charge is -2.28. The highest BCUT2D eigenvalue weighted by Gasteiger charge is 2.23. The molecule has 16 heavy (non-hydrogen) atoms. The summed E-state index contributed by atoms with van der Waals surface area (Å²) < 4.78 is 14.7. The van der Waals surface area contributed by atoms with Crippen LogP contribution in [0.2, 0.25) is 0 Å². The van der Waals surface area contributed by atoms with E-state index in [9.17, 15) is 4.39 Å². The highest BCUT2D eigenvalue weighted by molar-refractivity contribution is 14.1. The second-order valence-corrected chi connectivity index (χ2v) is 5.84. The van der Waals surface area contributed by atoms with E-state index in [0.29, 0.717) is 11.5 Å². The van der Waals surface area contributed by atoms with Crippen LogP contribution in [-0.4, -0.2) is 0 Å². The van der Waals surface area contributed by atoms with Gasteiger partial charge >= 0.3 is 0 Å². The van der Waals surface area contributed by atoms with Crippen molar-refractivity contribution in [3.63, 3.8) is 0 Å². The molecule has 3 heteroatoms. The zero-order valence-electron chi connectivity index (χ0n) is 9.26. The Balaban J connectivity index is 2.18. The third kappa shape index (κ3) is 2.74. The van der Waals surface area contributed by atoms with Gasteiger partial charge in [-0.15, -0.1) is 0 Å². The Kier molecular flexibility index (Phi) is 4.19. The minimum atomic E-state index is -0.154. The van der Waals surface area contributed by atoms with Crippen LogP contribution in [0.15, 0.2) is 18.2 Å². The summed E-state index contributed by atoms with van der Waals surface area (Å²) >= 11 is 2.20. The molecule has 0 saturated heterocycles. The third-order valence-electron chi connectivity index (χ3n) is 3.47. The van der Waals surface area contributed by atoms with Gasteiger partial charge in [-0.3, -0.25) is 0 Å². The molecule has 0 spiro atoms. The number of hydrogen-bond donors (Lipinski definition) is 1. The van der Waals surface area contributed by atoms with E-state index >= 15 is 0 Å². The summed E-state index contributed by atoms with van der Waals surface area (Å²) in [4.78, 5) is 0. The molecule has 0 aliphatic heterocycles. The molecule has 1 aliphatic carbocycles. The van der Waals surface area contributed by atoms with E-state index in [1.54, 1.807) is 6.07 Å². The first-order valence-corrected chi connectivity index (χ1v) is 6.97. The lowest BCUT2D eigenvalue weighted by molar-refractivity contribution is 0.303. The molecule has 1 aliphatic rings. The monoisotopic (exact) mass is 333 g/mol. The van der Waals surface area contributed by atoms with Gasteiger partial charge in [0.2, 0.25) is 0 Å². The number of nitrogens with two attached hydrogens (primary N) is 1. The van der Waals surface area contributed by atoms with Gasteiger partial charge in [-0.2, -0.15) is 0 Å². The molecule has 1 fully saturated rings. The Morgan fingerprint density at radius 3 is 2.62 bits per heavy atom. The van der Waals surface area contributed by atoms with Crippen molar-refractivity contribution in [2.75, 3.05) is 0 Å². The largest absolute Gasteiger partial charge is 0.324 e. The Morgan fingerprint density at radius 2 is 1.94 bits per heavy atom. The van der Waals surface area contributed by atoms with Crippen molar-refractivity contribution in [1.29, 1.82) is 0 Å². The average Bonchev–Trinajstić information content (AvgIpc) is 2.32. The van der Waals surface area contributed by atoms with E-state index in [0.717, 1.165) is 16.4 Å². The SMILES string of the molecule is N[C@H](c1cc(I)ccc1F)C1CCCCC1. The van der Waals surface area contributed by atoms with Crippen LogP contribution in [0.4, 0.5) is 4.39 Å². The molecule has 1 aromatic rings. The molecule has 88 valence electrons. The van der Waals surface area contributed by atoms with E-state index in [1.165, 1.54) is 25.3 Å². The van der Waals surface area contributed by atoms with Crippen molar-refractivity contribution in [2.45, 2.75) is 38.1 Å². The molecule has 2 N–H and O–H groups in total. The fraction of sp³-hybridized carbons (Fsp3) is 0.538. The maximum absolute atomic E-state index is 13.7. The average molecular weight is 333 g/mol. The summed E-state index contributed by atoms with van der Waals surface area (Å²) in [5.41, 5.74) is 6.89. The van der Waals surface area contributed by atoms with Crippen LogP contribution < -0.4 is 5.73 Å². The molecule has 1 atom stereocenters. The van der Waals surface area contributed by atoms with Gasteiger partial charge in [-0.1, -0.05) is 19.3 Å². The van der Waals surface area contributed by atoms with E-state index in [2.05, 4.69) is 22.6 Å². The van der Waals surface area contributed by atoms with Crippen LogP contribution in [0.1, 0.15) is 43.7 Å². The topological polar surface area (TPSA) is 26.0 Å². The lowest BCUT2D eigenvalue weighted by atomic mass is 9.81. The van der Waals surface area contributed by atoms with E-state index in [4.69, 9.17) is 5.73 Å². The molecule has 1 aromatic carbocycles. The minimum Gasteiger partial charge on any atom is -0.324 e. The molecule has 1 nitrogen and oxygen atoms in total. The maximum Gasteiger partial charge on any atom is 0.128 e. The van der Waals surface area contributed by atoms with Crippen LogP contribution in [0.3, 0.4) is 0 Å². The standard InChI is InChI=1S/C13H17FIN/c14-12-7-6-10(15)8-11(12)13(16)9-4-2-1-3-5-9/h6-9,13H,1-5,16H2/t13-/m0/s1. The Bertz CT molecular complexity index is 361. The molecule has 0 heterocycles. The molecule has 0 amide bonds. The van der Waals surface area contributed by atoms with E-state index in [1.807, 2.05) is 6.07 Å². The van der Waals surface area contributed by atoms with Gasteiger partial charge in [0.15, 0.2) is 0 Å². The van der Waals surface area contributed by atoms with E-state index in [-0.39, 0.29) is 11.9 Å². The number of rotatable bonds is 2. The normalized spacial score (nSPS) is 19.7. The highest BCUT2D eigenvalue weighted by atomic mass is 127. The highest BCUT2D eigenvalue weighted by Crippen LogP contribution is 2.34. The zero-order valence-corrected chi connectivity index (χ0v) is 11.4. The fourth-order valence-electron chi connectivity index (χ4n) is 2.52. The van der Waals surface area contributed by atoms with Crippen molar-refractivity contribution >= 4 is 22.6 Å². The second-order valence-electron chi connectivity index (χ2n) is 4.59. The molecular formula is C13H17FIN. The first kappa shape index (κ1) is 12.3. The van der Waals surface area contributed by atoms with Gasteiger partial charge < -0.3 is 5.73 Å². The maximum atomic E-state index is 13.7. The summed E-state index contributed by atoms with van der Waals surface area (Å²) in [6, 6.07) is 5.07. The minimum absolute atomic E-state index is 0.130. The summed E-state index contributed by atoms with van der Waals surface area (Å²) in [5.74, 6) is 0.305. The molecule has 1 saturated carbocycles. The van der Waals surface area contributed by atoms with E-state index < -0.39 is 0 Å². The van der Waals surface area contributed by atoms with Gasteiger partial charge in [0.1, 0.15) is 5.82 Å². The molecule has 0 aromatic heterocycles. The molecule has 2 rings (SSSR count). The predicted octanol–water partition coefficient (Wildman–Crippen LogP) is 4.01. The molecule has 0 bridgehead atoms. The fourth-order valence-corrected chi connectivity index (χ4v) is 3.03. The van der Waals surface area contributed by atoms with Gasteiger partial charge in [-0.05, 0) is 59.5 Å². The summed E-state index contributed by atoms with van der Waals surface area (Å²) in [6.45, 7) is 0. The van der Waals surface area contributed by atoms with Crippen LogP contribution in [-0.2, 0) is 0 Å². The first-order valence-electron chi connectivity index (χ1n) is 5.89. The Hall–Kier alpha value is -0.160. The Morgan fingerprint density at radius 1 is 1.25 bits per heavy atom. The number of benzene rings is 1. The summed E-state index contributed by atoms with van der Waals surface area (Å²) in [5, 5.41) is 0. The summed E-state index contributed by atoms with van der Waals surface area (Å²) in [6.07, 6.45) is 6.07. The smallest absolute Gasteiger partial charge is 0.128 e. The Labute approximate surface area is 110 Å². The molecule has 0 radical (unpaired) electrons. The summed E-state index contributed by atoms with van der Waals surface area (Å²) in [7, 11) is 0.